The average molecular weight is 387 g/mol. The fourth-order valence-corrected chi connectivity index (χ4v) is 5.13. The van der Waals surface area contributed by atoms with Gasteiger partial charge in [0.2, 0.25) is 5.91 Å². The summed E-state index contributed by atoms with van der Waals surface area (Å²) in [5.74, 6) is 1.19. The predicted molar refractivity (Wildman–Crippen MR) is 102 cm³/mol. The van der Waals surface area contributed by atoms with E-state index in [1.54, 1.807) is 29.8 Å². The fraction of sp³-hybridized carbons (Fsp3) is 0.368. The lowest BCUT2D eigenvalue weighted by Gasteiger charge is -2.22. The monoisotopic (exact) mass is 387 g/mol. The summed E-state index contributed by atoms with van der Waals surface area (Å²) in [6.45, 7) is 0.431. The Hall–Kier alpha value is -2.61. The van der Waals surface area contributed by atoms with Crippen LogP contribution in [0, 0.1) is 0 Å². The molecule has 4 rings (SSSR count). The second-order valence-electron chi connectivity index (χ2n) is 6.51. The van der Waals surface area contributed by atoms with Crippen LogP contribution in [0.15, 0.2) is 30.5 Å². The first-order valence-corrected chi connectivity index (χ1v) is 9.68. The van der Waals surface area contributed by atoms with Gasteiger partial charge in [-0.1, -0.05) is 6.07 Å². The highest BCUT2D eigenvalue weighted by atomic mass is 32.2. The molecule has 142 valence electrons. The molecule has 27 heavy (non-hydrogen) atoms. The topological polar surface area (TPSA) is 72.8 Å². The number of thioether (sulfide) groups is 1. The van der Waals surface area contributed by atoms with Crippen molar-refractivity contribution in [3.63, 3.8) is 0 Å². The first-order valence-electron chi connectivity index (χ1n) is 8.64. The minimum Gasteiger partial charge on any atom is -0.493 e. The van der Waals surface area contributed by atoms with Crippen LogP contribution in [-0.2, 0) is 18.4 Å². The number of carbonyl (C=O) groups excluding carboxylic acids is 2. The SMILES string of the molecule is COc1ccc2c(c1OC)C(=O)N1[C@@H]2SC[C@H]1C(=O)NCc1cccn1C. The van der Waals surface area contributed by atoms with Crippen LogP contribution in [0.25, 0.3) is 0 Å². The Bertz CT molecular complexity index is 910. The van der Waals surface area contributed by atoms with Crippen LogP contribution < -0.4 is 14.8 Å². The highest BCUT2D eigenvalue weighted by Gasteiger charge is 2.50. The number of nitrogens with zero attached hydrogens (tertiary/aromatic N) is 2. The third-order valence-electron chi connectivity index (χ3n) is 5.09. The van der Waals surface area contributed by atoms with Gasteiger partial charge in [-0.05, 0) is 18.2 Å². The summed E-state index contributed by atoms with van der Waals surface area (Å²) >= 11 is 1.60. The van der Waals surface area contributed by atoms with Gasteiger partial charge in [0.15, 0.2) is 11.5 Å². The number of aryl methyl sites for hydroxylation is 1. The molecule has 1 saturated heterocycles. The van der Waals surface area contributed by atoms with Gasteiger partial charge in [0.25, 0.3) is 5.91 Å². The van der Waals surface area contributed by atoms with Gasteiger partial charge < -0.3 is 24.3 Å². The molecule has 0 radical (unpaired) electrons. The Morgan fingerprint density at radius 2 is 2.11 bits per heavy atom. The molecule has 0 bridgehead atoms. The number of rotatable bonds is 5. The van der Waals surface area contributed by atoms with Crippen molar-refractivity contribution in [1.29, 1.82) is 0 Å². The van der Waals surface area contributed by atoms with E-state index in [4.69, 9.17) is 9.47 Å². The van der Waals surface area contributed by atoms with Gasteiger partial charge in [0.1, 0.15) is 11.4 Å². The Morgan fingerprint density at radius 1 is 1.30 bits per heavy atom. The van der Waals surface area contributed by atoms with Crippen LogP contribution in [0.3, 0.4) is 0 Å². The number of hydrogen-bond donors (Lipinski definition) is 1. The van der Waals surface area contributed by atoms with Crippen molar-refractivity contribution >= 4 is 23.6 Å². The molecule has 0 unspecified atom stereocenters. The smallest absolute Gasteiger partial charge is 0.260 e. The maximum absolute atomic E-state index is 13.1. The van der Waals surface area contributed by atoms with Gasteiger partial charge in [-0.15, -0.1) is 11.8 Å². The summed E-state index contributed by atoms with van der Waals surface area (Å²) in [6.07, 6.45) is 1.93. The summed E-state index contributed by atoms with van der Waals surface area (Å²) < 4.78 is 12.7. The molecule has 1 fully saturated rings. The van der Waals surface area contributed by atoms with E-state index in [0.717, 1.165) is 11.3 Å². The van der Waals surface area contributed by atoms with E-state index in [9.17, 15) is 9.59 Å². The van der Waals surface area contributed by atoms with Crippen molar-refractivity contribution in [2.75, 3.05) is 20.0 Å². The molecule has 2 aliphatic rings. The van der Waals surface area contributed by atoms with Crippen LogP contribution >= 0.6 is 11.8 Å². The molecule has 0 aliphatic carbocycles. The molecule has 1 aromatic heterocycles. The Kier molecular flexibility index (Phi) is 4.51. The van der Waals surface area contributed by atoms with Gasteiger partial charge >= 0.3 is 0 Å². The summed E-state index contributed by atoms with van der Waals surface area (Å²) in [5.41, 5.74) is 2.38. The van der Waals surface area contributed by atoms with E-state index in [1.165, 1.54) is 7.11 Å². The van der Waals surface area contributed by atoms with E-state index in [0.29, 0.717) is 29.4 Å². The van der Waals surface area contributed by atoms with Crippen molar-refractivity contribution in [2.45, 2.75) is 18.0 Å². The molecule has 1 N–H and O–H groups in total. The van der Waals surface area contributed by atoms with E-state index >= 15 is 0 Å². The second-order valence-corrected chi connectivity index (χ2v) is 7.62. The Morgan fingerprint density at radius 3 is 2.78 bits per heavy atom. The van der Waals surface area contributed by atoms with Gasteiger partial charge in [0.05, 0.1) is 26.3 Å². The number of methoxy groups -OCH3 is 2. The van der Waals surface area contributed by atoms with Crippen molar-refractivity contribution in [3.05, 3.63) is 47.3 Å². The Balaban J connectivity index is 1.57. The summed E-state index contributed by atoms with van der Waals surface area (Å²) in [4.78, 5) is 27.6. The van der Waals surface area contributed by atoms with E-state index < -0.39 is 6.04 Å². The van der Waals surface area contributed by atoms with Crippen molar-refractivity contribution in [3.8, 4) is 11.5 Å². The maximum Gasteiger partial charge on any atom is 0.260 e. The molecule has 0 spiro atoms. The molecule has 2 atom stereocenters. The molecule has 2 aromatic rings. The number of benzene rings is 1. The maximum atomic E-state index is 13.1. The van der Waals surface area contributed by atoms with E-state index in [-0.39, 0.29) is 17.2 Å². The molecule has 2 aliphatic heterocycles. The number of carbonyl (C=O) groups is 2. The van der Waals surface area contributed by atoms with Crippen LogP contribution in [0.4, 0.5) is 0 Å². The van der Waals surface area contributed by atoms with Gasteiger partial charge in [-0.2, -0.15) is 0 Å². The van der Waals surface area contributed by atoms with Crippen molar-refractivity contribution < 1.29 is 19.1 Å². The molecule has 0 saturated carbocycles. The third kappa shape index (κ3) is 2.75. The predicted octanol–water partition coefficient (Wildman–Crippen LogP) is 1.93. The van der Waals surface area contributed by atoms with Gasteiger partial charge in [0, 0.05) is 30.3 Å². The molecule has 1 aromatic carbocycles. The number of nitrogens with one attached hydrogen (secondary N) is 1. The van der Waals surface area contributed by atoms with Gasteiger partial charge in [-0.25, -0.2) is 0 Å². The highest BCUT2D eigenvalue weighted by molar-refractivity contribution is 7.99. The number of ether oxygens (including phenoxy) is 2. The van der Waals surface area contributed by atoms with Crippen LogP contribution in [-0.4, -0.2) is 47.3 Å². The summed E-state index contributed by atoms with van der Waals surface area (Å²) in [6, 6.07) is 7.08. The van der Waals surface area contributed by atoms with Crippen LogP contribution in [0.5, 0.6) is 11.5 Å². The highest BCUT2D eigenvalue weighted by Crippen LogP contribution is 2.52. The third-order valence-corrected chi connectivity index (χ3v) is 6.40. The number of hydrogen-bond acceptors (Lipinski definition) is 5. The first-order chi connectivity index (χ1) is 13.1. The van der Waals surface area contributed by atoms with E-state index in [2.05, 4.69) is 5.32 Å². The lowest BCUT2D eigenvalue weighted by molar-refractivity contribution is -0.124. The average Bonchev–Trinajstić information content (AvgIpc) is 3.36. The summed E-state index contributed by atoms with van der Waals surface area (Å²) in [7, 11) is 4.99. The minimum atomic E-state index is -0.504. The number of amides is 2. The molecule has 7 nitrogen and oxygen atoms in total. The van der Waals surface area contributed by atoms with Crippen molar-refractivity contribution in [2.24, 2.45) is 7.05 Å². The zero-order valence-electron chi connectivity index (χ0n) is 15.4. The lowest BCUT2D eigenvalue weighted by atomic mass is 10.1. The quantitative estimate of drug-likeness (QED) is 0.849. The van der Waals surface area contributed by atoms with Crippen molar-refractivity contribution in [1.82, 2.24) is 14.8 Å². The number of fused-ring (bicyclic) bond motifs is 3. The van der Waals surface area contributed by atoms with E-state index in [1.807, 2.05) is 36.0 Å². The first kappa shape index (κ1) is 17.8. The second kappa shape index (κ2) is 6.84. The fourth-order valence-electron chi connectivity index (χ4n) is 3.67. The standard InChI is InChI=1S/C19H21N3O4S/c1-21-8-4-5-11(21)9-20-17(23)13-10-27-19-12-6-7-14(25-2)16(26-3)15(12)18(24)22(13)19/h4-8,13,19H,9-10H2,1-3H3,(H,20,23)/t13-,19+/m0/s1. The lowest BCUT2D eigenvalue weighted by Crippen LogP contribution is -2.45. The van der Waals surface area contributed by atoms with Gasteiger partial charge in [-0.3, -0.25) is 9.59 Å². The molecule has 3 heterocycles. The zero-order chi connectivity index (χ0) is 19.1. The number of aromatic nitrogens is 1. The zero-order valence-corrected chi connectivity index (χ0v) is 16.2. The summed E-state index contributed by atoms with van der Waals surface area (Å²) in [5, 5.41) is 2.79. The Labute approximate surface area is 161 Å². The largest absolute Gasteiger partial charge is 0.493 e. The van der Waals surface area contributed by atoms with Crippen LogP contribution in [0.2, 0.25) is 0 Å². The minimum absolute atomic E-state index is 0.140. The van der Waals surface area contributed by atoms with Crippen LogP contribution in [0.1, 0.15) is 27.0 Å². The molecule has 2 amide bonds. The molecular weight excluding hydrogens is 366 g/mol. The molecule has 8 heteroatoms. The normalized spacial score (nSPS) is 20.4. The molecular formula is C19H21N3O4S.